The molecule has 0 unspecified atom stereocenters. The Morgan fingerprint density at radius 2 is 1.87 bits per heavy atom. The minimum Gasteiger partial charge on any atom is -0.445 e. The number of nitrogens with zero attached hydrogens (tertiary/aromatic N) is 1. The molecule has 1 N–H and O–H groups in total. The smallest absolute Gasteiger partial charge is 0.416 e. The first kappa shape index (κ1) is 20.9. The van der Waals surface area contributed by atoms with Crippen molar-refractivity contribution < 1.29 is 27.1 Å². The van der Waals surface area contributed by atoms with E-state index in [-0.39, 0.29) is 17.4 Å². The maximum absolute atomic E-state index is 13.6. The van der Waals surface area contributed by atoms with Crippen molar-refractivity contribution in [3.63, 3.8) is 0 Å². The number of oxazole rings is 1. The van der Waals surface area contributed by atoms with Gasteiger partial charge >= 0.3 is 6.18 Å². The topological polar surface area (TPSA) is 64.4 Å². The number of amides is 1. The van der Waals surface area contributed by atoms with Crippen LogP contribution in [0, 0.1) is 0 Å². The molecule has 8 heteroatoms. The number of ether oxygens (including phenoxy) is 1. The second kappa shape index (κ2) is 8.79. The second-order valence-corrected chi connectivity index (χ2v) is 7.98. The van der Waals surface area contributed by atoms with Crippen molar-refractivity contribution in [2.45, 2.75) is 69.2 Å². The number of hydrogen-bond acceptors (Lipinski definition) is 4. The lowest BCUT2D eigenvalue weighted by molar-refractivity contribution is -0.138. The van der Waals surface area contributed by atoms with Gasteiger partial charge in [-0.1, -0.05) is 37.5 Å². The van der Waals surface area contributed by atoms with E-state index >= 15 is 0 Å². The predicted molar refractivity (Wildman–Crippen MR) is 103 cm³/mol. The van der Waals surface area contributed by atoms with Crippen LogP contribution in [0.4, 0.5) is 13.2 Å². The van der Waals surface area contributed by atoms with Gasteiger partial charge in [-0.2, -0.15) is 13.2 Å². The fourth-order valence-electron chi connectivity index (χ4n) is 4.61. The lowest BCUT2D eigenvalue weighted by Gasteiger charge is -2.28. The Balaban J connectivity index is 1.60. The van der Waals surface area contributed by atoms with Crippen molar-refractivity contribution in [2.75, 3.05) is 6.61 Å². The second-order valence-electron chi connectivity index (χ2n) is 7.98. The molecule has 1 amide bonds. The average molecular weight is 422 g/mol. The summed E-state index contributed by atoms with van der Waals surface area (Å²) >= 11 is 0. The minimum absolute atomic E-state index is 0.161. The molecular formula is C22H25F3N2O3. The summed E-state index contributed by atoms with van der Waals surface area (Å²) in [7, 11) is 0. The third kappa shape index (κ3) is 4.38. The van der Waals surface area contributed by atoms with Gasteiger partial charge in [0, 0.05) is 18.6 Å². The van der Waals surface area contributed by atoms with Gasteiger partial charge in [0.25, 0.3) is 5.91 Å². The first-order chi connectivity index (χ1) is 14.4. The molecule has 0 bridgehead atoms. The minimum atomic E-state index is -4.43. The Kier molecular flexibility index (Phi) is 6.13. The maximum atomic E-state index is 13.6. The summed E-state index contributed by atoms with van der Waals surface area (Å²) in [5, 5.41) is 2.97. The van der Waals surface area contributed by atoms with Gasteiger partial charge in [0.2, 0.25) is 0 Å². The molecule has 2 aromatic rings. The SMILES string of the molecule is O=C(N[C@@H]1CCCCC[C@@H]1c1ccccc1C(F)(F)F)c1ncoc1[C@H]1CCCO1. The molecule has 0 spiro atoms. The van der Waals surface area contributed by atoms with Crippen LogP contribution in [0.5, 0.6) is 0 Å². The molecule has 2 aliphatic rings. The van der Waals surface area contributed by atoms with Crippen molar-refractivity contribution in [3.8, 4) is 0 Å². The summed E-state index contributed by atoms with van der Waals surface area (Å²) in [6.45, 7) is 0.603. The Morgan fingerprint density at radius 1 is 1.07 bits per heavy atom. The Hall–Kier alpha value is -2.35. The fourth-order valence-corrected chi connectivity index (χ4v) is 4.61. The molecule has 1 aliphatic heterocycles. The Labute approximate surface area is 173 Å². The van der Waals surface area contributed by atoms with Crippen molar-refractivity contribution in [2.24, 2.45) is 0 Å². The number of benzene rings is 1. The highest BCUT2D eigenvalue weighted by Gasteiger charge is 2.38. The Morgan fingerprint density at radius 3 is 2.63 bits per heavy atom. The molecule has 4 rings (SSSR count). The molecule has 1 aromatic heterocycles. The van der Waals surface area contributed by atoms with Crippen molar-refractivity contribution in [1.82, 2.24) is 10.3 Å². The lowest BCUT2D eigenvalue weighted by atomic mass is 9.84. The van der Waals surface area contributed by atoms with Gasteiger partial charge in [-0.15, -0.1) is 0 Å². The number of aromatic nitrogens is 1. The van der Waals surface area contributed by atoms with E-state index < -0.39 is 29.6 Å². The molecule has 1 aromatic carbocycles. The summed E-state index contributed by atoms with van der Waals surface area (Å²) < 4.78 is 51.9. The lowest BCUT2D eigenvalue weighted by Crippen LogP contribution is -2.40. The van der Waals surface area contributed by atoms with E-state index in [1.807, 2.05) is 0 Å². The molecule has 1 aliphatic carbocycles. The quantitative estimate of drug-likeness (QED) is 0.671. The zero-order chi connectivity index (χ0) is 21.1. The predicted octanol–water partition coefficient (Wildman–Crippen LogP) is 5.39. The highest BCUT2D eigenvalue weighted by Crippen LogP contribution is 2.40. The molecule has 1 saturated carbocycles. The van der Waals surface area contributed by atoms with Gasteiger partial charge in [0.15, 0.2) is 17.8 Å². The van der Waals surface area contributed by atoms with Crippen LogP contribution in [0.2, 0.25) is 0 Å². The standard InChI is InChI=1S/C22H25F3N2O3/c23-22(24,25)16-9-5-4-7-14(16)15-8-2-1-3-10-17(15)27-21(28)19-20(30-13-26-19)18-11-6-12-29-18/h4-5,7,9,13,15,17-18H,1-3,6,8,10-12H2,(H,27,28)/t15-,17-,18-/m1/s1. The molecule has 5 nitrogen and oxygen atoms in total. The van der Waals surface area contributed by atoms with Gasteiger partial charge in [0.1, 0.15) is 6.10 Å². The molecule has 2 fully saturated rings. The van der Waals surface area contributed by atoms with E-state index in [0.29, 0.717) is 25.2 Å². The average Bonchev–Trinajstić information content (AvgIpc) is 3.36. The largest absolute Gasteiger partial charge is 0.445 e. The first-order valence-corrected chi connectivity index (χ1v) is 10.5. The highest BCUT2D eigenvalue weighted by molar-refractivity contribution is 5.93. The first-order valence-electron chi connectivity index (χ1n) is 10.5. The third-order valence-electron chi connectivity index (χ3n) is 6.03. The van der Waals surface area contributed by atoms with Crippen LogP contribution in [0.1, 0.15) is 84.3 Å². The van der Waals surface area contributed by atoms with Crippen molar-refractivity contribution in [3.05, 3.63) is 53.2 Å². The van der Waals surface area contributed by atoms with Crippen LogP contribution < -0.4 is 5.32 Å². The normalized spacial score (nSPS) is 25.1. The molecule has 2 heterocycles. The van der Waals surface area contributed by atoms with Crippen LogP contribution in [0.3, 0.4) is 0 Å². The monoisotopic (exact) mass is 422 g/mol. The molecule has 0 radical (unpaired) electrons. The molecule has 3 atom stereocenters. The third-order valence-corrected chi connectivity index (χ3v) is 6.03. The molecule has 1 saturated heterocycles. The zero-order valence-corrected chi connectivity index (χ0v) is 16.6. The summed E-state index contributed by atoms with van der Waals surface area (Å²) in [6, 6.07) is 5.28. The molecule has 30 heavy (non-hydrogen) atoms. The summed E-state index contributed by atoms with van der Waals surface area (Å²) in [4.78, 5) is 17.1. The van der Waals surface area contributed by atoms with Crippen LogP contribution in [0.25, 0.3) is 0 Å². The number of halogens is 3. The van der Waals surface area contributed by atoms with E-state index in [4.69, 9.17) is 9.15 Å². The van der Waals surface area contributed by atoms with Crippen molar-refractivity contribution in [1.29, 1.82) is 0 Å². The van der Waals surface area contributed by atoms with Gasteiger partial charge in [0.05, 0.1) is 5.56 Å². The van der Waals surface area contributed by atoms with E-state index in [1.54, 1.807) is 6.07 Å². The number of rotatable bonds is 4. The van der Waals surface area contributed by atoms with Crippen LogP contribution in [0.15, 0.2) is 35.1 Å². The van der Waals surface area contributed by atoms with Crippen LogP contribution >= 0.6 is 0 Å². The van der Waals surface area contributed by atoms with Gasteiger partial charge < -0.3 is 14.5 Å². The van der Waals surface area contributed by atoms with E-state index in [0.717, 1.165) is 38.2 Å². The number of nitrogens with one attached hydrogen (secondary N) is 1. The van der Waals surface area contributed by atoms with E-state index in [9.17, 15) is 18.0 Å². The van der Waals surface area contributed by atoms with Crippen LogP contribution in [-0.4, -0.2) is 23.5 Å². The fraction of sp³-hybridized carbons (Fsp3) is 0.545. The maximum Gasteiger partial charge on any atom is 0.416 e. The van der Waals surface area contributed by atoms with Crippen molar-refractivity contribution >= 4 is 5.91 Å². The van der Waals surface area contributed by atoms with Gasteiger partial charge in [-0.05, 0) is 37.3 Å². The molecule has 162 valence electrons. The van der Waals surface area contributed by atoms with Crippen LogP contribution in [-0.2, 0) is 10.9 Å². The number of hydrogen-bond donors (Lipinski definition) is 1. The van der Waals surface area contributed by atoms with Gasteiger partial charge in [-0.25, -0.2) is 4.98 Å². The van der Waals surface area contributed by atoms with Gasteiger partial charge in [-0.3, -0.25) is 4.79 Å². The zero-order valence-electron chi connectivity index (χ0n) is 16.6. The number of carbonyl (C=O) groups is 1. The summed E-state index contributed by atoms with van der Waals surface area (Å²) in [5.41, 5.74) is -0.219. The number of alkyl halides is 3. The van der Waals surface area contributed by atoms with E-state index in [1.165, 1.54) is 18.5 Å². The Bertz CT molecular complexity index is 875. The number of carbonyl (C=O) groups excluding carboxylic acids is 1. The highest BCUT2D eigenvalue weighted by atomic mass is 19.4. The molecular weight excluding hydrogens is 397 g/mol. The summed E-state index contributed by atoms with van der Waals surface area (Å²) in [5.74, 6) is -0.436. The van der Waals surface area contributed by atoms with E-state index in [2.05, 4.69) is 10.3 Å². The summed E-state index contributed by atoms with van der Waals surface area (Å²) in [6.07, 6.45) is 1.94.